The highest BCUT2D eigenvalue weighted by Crippen LogP contribution is 2.24. The van der Waals surface area contributed by atoms with E-state index in [9.17, 15) is 4.79 Å². The van der Waals surface area contributed by atoms with Crippen molar-refractivity contribution < 1.29 is 4.79 Å². The maximum atomic E-state index is 11.9. The number of anilines is 1. The van der Waals surface area contributed by atoms with Crippen LogP contribution in [0.15, 0.2) is 53.0 Å². The predicted molar refractivity (Wildman–Crippen MR) is 81.3 cm³/mol. The van der Waals surface area contributed by atoms with Crippen LogP contribution in [-0.4, -0.2) is 5.91 Å². The fourth-order valence-corrected chi connectivity index (χ4v) is 2.77. The molecule has 0 radical (unpaired) electrons. The minimum absolute atomic E-state index is 0.104. The Bertz CT molecular complexity index is 542. The minimum Gasteiger partial charge on any atom is -0.321 e. The Labute approximate surface area is 122 Å². The number of hydrogen-bond acceptors (Lipinski definition) is 1. The number of nitrogens with one attached hydrogen (secondary N) is 1. The van der Waals surface area contributed by atoms with E-state index in [1.807, 2.05) is 36.4 Å². The first kappa shape index (κ1) is 12.6. The number of hydrogen-bond donors (Lipinski definition) is 1. The minimum atomic E-state index is -0.104. The van der Waals surface area contributed by atoms with Crippen LogP contribution < -0.4 is 5.32 Å². The monoisotopic (exact) mass is 401 g/mol. The van der Waals surface area contributed by atoms with Crippen LogP contribution in [0.1, 0.15) is 10.4 Å². The molecule has 0 bridgehead atoms. The molecule has 4 heteroatoms. The average Bonchev–Trinajstić information content (AvgIpc) is 2.34. The Balaban J connectivity index is 2.19. The second kappa shape index (κ2) is 5.64. The molecule has 0 atom stereocenters. The van der Waals surface area contributed by atoms with E-state index in [1.54, 1.807) is 12.1 Å². The lowest BCUT2D eigenvalue weighted by molar-refractivity contribution is 0.102. The Morgan fingerprint density at radius 3 is 2.47 bits per heavy atom. The first-order chi connectivity index (χ1) is 8.16. The molecule has 0 aliphatic heterocycles. The molecule has 0 saturated carbocycles. The Hall–Kier alpha value is -0.880. The molecule has 0 fully saturated rings. The van der Waals surface area contributed by atoms with Crippen LogP contribution in [0.25, 0.3) is 0 Å². The fraction of sp³-hybridized carbons (Fsp3) is 0. The van der Waals surface area contributed by atoms with Crippen molar-refractivity contribution >= 4 is 50.1 Å². The van der Waals surface area contributed by atoms with Crippen LogP contribution in [0.4, 0.5) is 5.69 Å². The summed E-state index contributed by atoms with van der Waals surface area (Å²) in [5.41, 5.74) is 1.43. The summed E-state index contributed by atoms with van der Waals surface area (Å²) in [7, 11) is 0. The van der Waals surface area contributed by atoms with Gasteiger partial charge in [0.25, 0.3) is 5.91 Å². The molecule has 1 amide bonds. The molecular weight excluding hydrogens is 393 g/mol. The maximum Gasteiger partial charge on any atom is 0.255 e. The molecule has 0 aliphatic rings. The molecule has 0 unspecified atom stereocenters. The lowest BCUT2D eigenvalue weighted by Crippen LogP contribution is -2.11. The van der Waals surface area contributed by atoms with Gasteiger partial charge >= 0.3 is 0 Å². The van der Waals surface area contributed by atoms with Gasteiger partial charge in [0.15, 0.2) is 0 Å². The van der Waals surface area contributed by atoms with Crippen molar-refractivity contribution in [3.63, 3.8) is 0 Å². The van der Waals surface area contributed by atoms with Gasteiger partial charge in [-0.25, -0.2) is 0 Å². The van der Waals surface area contributed by atoms with Crippen LogP contribution >= 0.6 is 38.5 Å². The molecule has 1 N–H and O–H groups in total. The standard InChI is InChI=1S/C13H9BrINO/c14-11-8-10(15)6-7-12(11)16-13(17)9-4-2-1-3-5-9/h1-8H,(H,16,17). The maximum absolute atomic E-state index is 11.9. The topological polar surface area (TPSA) is 29.1 Å². The van der Waals surface area contributed by atoms with Crippen LogP contribution in [-0.2, 0) is 0 Å². The number of benzene rings is 2. The highest BCUT2D eigenvalue weighted by atomic mass is 127. The molecule has 0 aromatic heterocycles. The van der Waals surface area contributed by atoms with E-state index >= 15 is 0 Å². The van der Waals surface area contributed by atoms with E-state index in [-0.39, 0.29) is 5.91 Å². The van der Waals surface area contributed by atoms with Gasteiger partial charge in [-0.15, -0.1) is 0 Å². The van der Waals surface area contributed by atoms with E-state index in [0.29, 0.717) is 5.56 Å². The van der Waals surface area contributed by atoms with Crippen molar-refractivity contribution in [3.05, 3.63) is 62.1 Å². The lowest BCUT2D eigenvalue weighted by Gasteiger charge is -2.07. The van der Waals surface area contributed by atoms with Gasteiger partial charge in [0, 0.05) is 13.6 Å². The second-order valence-electron chi connectivity index (χ2n) is 3.44. The van der Waals surface area contributed by atoms with E-state index < -0.39 is 0 Å². The van der Waals surface area contributed by atoms with E-state index in [0.717, 1.165) is 13.7 Å². The molecule has 2 aromatic rings. The largest absolute Gasteiger partial charge is 0.321 e. The molecular formula is C13H9BrINO. The second-order valence-corrected chi connectivity index (χ2v) is 5.54. The number of amides is 1. The molecule has 2 nitrogen and oxygen atoms in total. The summed E-state index contributed by atoms with van der Waals surface area (Å²) in [6.07, 6.45) is 0. The molecule has 0 heterocycles. The van der Waals surface area contributed by atoms with Gasteiger partial charge in [-0.05, 0) is 68.9 Å². The summed E-state index contributed by atoms with van der Waals surface area (Å²) in [5, 5.41) is 2.86. The Morgan fingerprint density at radius 1 is 1.12 bits per heavy atom. The zero-order valence-electron chi connectivity index (χ0n) is 8.78. The third-order valence-electron chi connectivity index (χ3n) is 2.22. The SMILES string of the molecule is O=C(Nc1ccc(I)cc1Br)c1ccccc1. The van der Waals surface area contributed by atoms with Crippen molar-refractivity contribution in [2.45, 2.75) is 0 Å². The molecule has 17 heavy (non-hydrogen) atoms. The predicted octanol–water partition coefficient (Wildman–Crippen LogP) is 4.31. The summed E-state index contributed by atoms with van der Waals surface area (Å²) >= 11 is 5.65. The van der Waals surface area contributed by atoms with E-state index in [2.05, 4.69) is 43.8 Å². The summed E-state index contributed by atoms with van der Waals surface area (Å²) < 4.78 is 2.00. The highest BCUT2D eigenvalue weighted by molar-refractivity contribution is 14.1. The summed E-state index contributed by atoms with van der Waals surface area (Å²) in [4.78, 5) is 11.9. The van der Waals surface area contributed by atoms with Gasteiger partial charge in [-0.1, -0.05) is 18.2 Å². The third kappa shape index (κ3) is 3.29. The van der Waals surface area contributed by atoms with E-state index in [4.69, 9.17) is 0 Å². The van der Waals surface area contributed by atoms with Crippen LogP contribution in [0.2, 0.25) is 0 Å². The Kier molecular flexibility index (Phi) is 4.17. The molecule has 2 rings (SSSR count). The van der Waals surface area contributed by atoms with Gasteiger partial charge in [0.2, 0.25) is 0 Å². The van der Waals surface area contributed by atoms with Crippen molar-refractivity contribution in [3.8, 4) is 0 Å². The van der Waals surface area contributed by atoms with Gasteiger partial charge in [0.05, 0.1) is 5.69 Å². The number of rotatable bonds is 2. The van der Waals surface area contributed by atoms with Gasteiger partial charge in [0.1, 0.15) is 0 Å². The van der Waals surface area contributed by atoms with Crippen LogP contribution in [0, 0.1) is 3.57 Å². The molecule has 0 aliphatic carbocycles. The smallest absolute Gasteiger partial charge is 0.255 e. The van der Waals surface area contributed by atoms with Gasteiger partial charge < -0.3 is 5.32 Å². The van der Waals surface area contributed by atoms with Gasteiger partial charge in [-0.2, -0.15) is 0 Å². The first-order valence-corrected chi connectivity index (χ1v) is 6.85. The number of carbonyl (C=O) groups excluding carboxylic acids is 1. The van der Waals surface area contributed by atoms with Crippen LogP contribution in [0.3, 0.4) is 0 Å². The highest BCUT2D eigenvalue weighted by Gasteiger charge is 2.07. The van der Waals surface area contributed by atoms with Crippen molar-refractivity contribution in [1.82, 2.24) is 0 Å². The molecule has 86 valence electrons. The lowest BCUT2D eigenvalue weighted by atomic mass is 10.2. The van der Waals surface area contributed by atoms with Crippen molar-refractivity contribution in [1.29, 1.82) is 0 Å². The zero-order chi connectivity index (χ0) is 12.3. The molecule has 0 spiro atoms. The molecule has 0 saturated heterocycles. The van der Waals surface area contributed by atoms with Crippen molar-refractivity contribution in [2.75, 3.05) is 5.32 Å². The fourth-order valence-electron chi connectivity index (χ4n) is 1.37. The summed E-state index contributed by atoms with van der Waals surface area (Å²) in [5.74, 6) is -0.104. The number of halogens is 2. The third-order valence-corrected chi connectivity index (χ3v) is 3.54. The summed E-state index contributed by atoms with van der Waals surface area (Å²) in [6, 6.07) is 14.9. The average molecular weight is 402 g/mol. The zero-order valence-corrected chi connectivity index (χ0v) is 12.5. The quantitative estimate of drug-likeness (QED) is 0.746. The van der Waals surface area contributed by atoms with Crippen LogP contribution in [0.5, 0.6) is 0 Å². The number of carbonyl (C=O) groups is 1. The summed E-state index contributed by atoms with van der Waals surface area (Å²) in [6.45, 7) is 0. The Morgan fingerprint density at radius 2 is 1.82 bits per heavy atom. The molecule has 2 aromatic carbocycles. The van der Waals surface area contributed by atoms with Gasteiger partial charge in [-0.3, -0.25) is 4.79 Å². The van der Waals surface area contributed by atoms with Crippen molar-refractivity contribution in [2.24, 2.45) is 0 Å². The first-order valence-electron chi connectivity index (χ1n) is 4.98. The van der Waals surface area contributed by atoms with E-state index in [1.165, 1.54) is 0 Å². The normalized spacial score (nSPS) is 10.0.